The van der Waals surface area contributed by atoms with Crippen LogP contribution in [0.2, 0.25) is 0 Å². The molecular formula is C52H36N2. The Labute approximate surface area is 315 Å². The van der Waals surface area contributed by atoms with Gasteiger partial charge in [-0.3, -0.25) is 0 Å². The van der Waals surface area contributed by atoms with Gasteiger partial charge in [-0.1, -0.05) is 158 Å². The maximum Gasteiger partial charge on any atom is 0.0620 e. The van der Waals surface area contributed by atoms with Crippen molar-refractivity contribution in [2.45, 2.75) is 0 Å². The summed E-state index contributed by atoms with van der Waals surface area (Å²) in [5.74, 6) is 0. The van der Waals surface area contributed by atoms with Crippen molar-refractivity contribution in [3.63, 3.8) is 0 Å². The van der Waals surface area contributed by atoms with Crippen molar-refractivity contribution in [1.29, 1.82) is 0 Å². The van der Waals surface area contributed by atoms with E-state index in [0.29, 0.717) is 0 Å². The van der Waals surface area contributed by atoms with Crippen LogP contribution in [0.1, 0.15) is 0 Å². The number of benzene rings is 10. The lowest BCUT2D eigenvalue weighted by Crippen LogP contribution is -2.14. The third-order valence-corrected chi connectivity index (χ3v) is 10.5. The van der Waals surface area contributed by atoms with Crippen molar-refractivity contribution >= 4 is 77.2 Å². The van der Waals surface area contributed by atoms with Crippen LogP contribution >= 0.6 is 0 Å². The van der Waals surface area contributed by atoms with Gasteiger partial charge in [-0.2, -0.15) is 0 Å². The Kier molecular flexibility index (Phi) is 7.85. The van der Waals surface area contributed by atoms with E-state index >= 15 is 0 Å². The Morgan fingerprint density at radius 3 is 1.19 bits per heavy atom. The molecule has 0 aliphatic rings. The Balaban J connectivity index is 1.34. The van der Waals surface area contributed by atoms with Gasteiger partial charge in [-0.25, -0.2) is 0 Å². The first kappa shape index (κ1) is 31.6. The second-order valence-corrected chi connectivity index (χ2v) is 13.8. The number of hydrogen-bond acceptors (Lipinski definition) is 2. The molecule has 0 unspecified atom stereocenters. The monoisotopic (exact) mass is 688 g/mol. The zero-order chi connectivity index (χ0) is 35.8. The summed E-state index contributed by atoms with van der Waals surface area (Å²) >= 11 is 0. The van der Waals surface area contributed by atoms with Crippen LogP contribution in [0.25, 0.3) is 54.2 Å². The second kappa shape index (κ2) is 13.4. The van der Waals surface area contributed by atoms with Crippen LogP contribution in [-0.2, 0) is 0 Å². The molecule has 0 spiro atoms. The molecule has 10 aromatic rings. The van der Waals surface area contributed by atoms with Gasteiger partial charge in [0.15, 0.2) is 0 Å². The van der Waals surface area contributed by atoms with Gasteiger partial charge in [0.05, 0.1) is 11.4 Å². The predicted molar refractivity (Wildman–Crippen MR) is 231 cm³/mol. The molecule has 10 aromatic carbocycles. The number of fused-ring (bicyclic) bond motifs is 4. The predicted octanol–water partition coefficient (Wildman–Crippen LogP) is 14.9. The van der Waals surface area contributed by atoms with E-state index in [-0.39, 0.29) is 0 Å². The molecule has 254 valence electrons. The van der Waals surface area contributed by atoms with Crippen molar-refractivity contribution in [1.82, 2.24) is 0 Å². The lowest BCUT2D eigenvalue weighted by Gasteiger charge is -2.33. The zero-order valence-electron chi connectivity index (χ0n) is 29.7. The molecule has 0 bridgehead atoms. The largest absolute Gasteiger partial charge is 0.309 e. The third kappa shape index (κ3) is 5.53. The Morgan fingerprint density at radius 2 is 0.611 bits per heavy atom. The summed E-state index contributed by atoms with van der Waals surface area (Å²) in [7, 11) is 0. The number of hydrogen-bond donors (Lipinski definition) is 0. The van der Waals surface area contributed by atoms with E-state index in [0.717, 1.165) is 34.1 Å². The summed E-state index contributed by atoms with van der Waals surface area (Å²) in [6, 6.07) is 79.1. The summed E-state index contributed by atoms with van der Waals surface area (Å²) in [5.41, 5.74) is 9.09. The molecule has 0 heterocycles. The van der Waals surface area contributed by atoms with E-state index in [1.54, 1.807) is 0 Å². The summed E-state index contributed by atoms with van der Waals surface area (Å²) in [4.78, 5) is 4.88. The lowest BCUT2D eigenvalue weighted by atomic mass is 9.92. The first-order chi connectivity index (χ1) is 26.8. The average molecular weight is 689 g/mol. The fraction of sp³-hybridized carbons (Fsp3) is 0. The molecule has 0 aliphatic carbocycles. The highest BCUT2D eigenvalue weighted by Gasteiger charge is 2.26. The molecule has 0 fully saturated rings. The van der Waals surface area contributed by atoms with E-state index in [2.05, 4.69) is 228 Å². The molecule has 2 heteroatoms. The van der Waals surface area contributed by atoms with Crippen molar-refractivity contribution in [3.8, 4) is 11.1 Å². The van der Waals surface area contributed by atoms with Crippen LogP contribution in [0, 0.1) is 0 Å². The van der Waals surface area contributed by atoms with Crippen LogP contribution in [0.3, 0.4) is 0 Å². The lowest BCUT2D eigenvalue weighted by molar-refractivity contribution is 1.30. The Bertz CT molecular complexity index is 2900. The summed E-state index contributed by atoms with van der Waals surface area (Å²) in [6.07, 6.45) is 0. The molecule has 54 heavy (non-hydrogen) atoms. The van der Waals surface area contributed by atoms with E-state index in [4.69, 9.17) is 0 Å². The van der Waals surface area contributed by atoms with E-state index in [1.807, 2.05) is 0 Å². The minimum Gasteiger partial charge on any atom is -0.309 e. The van der Waals surface area contributed by atoms with Gasteiger partial charge in [0.1, 0.15) is 0 Å². The standard InChI is InChI=1S/C52H36N2/c1-4-20-43(21-5-1)53(44-22-6-2-7-23-44)52-48-27-15-14-26-47(48)51(49-33-31-42(36-50(49)52)41-29-28-37-16-10-12-18-39(37)34-41)54(45-24-8-3-9-25-45)46-32-30-38-17-11-13-19-40(38)35-46/h1-36H. The van der Waals surface area contributed by atoms with Crippen molar-refractivity contribution < 1.29 is 0 Å². The van der Waals surface area contributed by atoms with Crippen molar-refractivity contribution in [2.24, 2.45) is 0 Å². The topological polar surface area (TPSA) is 6.48 Å². The second-order valence-electron chi connectivity index (χ2n) is 13.8. The molecule has 0 radical (unpaired) electrons. The van der Waals surface area contributed by atoms with E-state index < -0.39 is 0 Å². The first-order valence-electron chi connectivity index (χ1n) is 18.5. The summed E-state index contributed by atoms with van der Waals surface area (Å²) in [6.45, 7) is 0. The molecular weight excluding hydrogens is 653 g/mol. The molecule has 0 aliphatic heterocycles. The molecule has 0 N–H and O–H groups in total. The van der Waals surface area contributed by atoms with Crippen LogP contribution in [0.4, 0.5) is 34.1 Å². The van der Waals surface area contributed by atoms with Crippen LogP contribution in [-0.4, -0.2) is 0 Å². The van der Waals surface area contributed by atoms with E-state index in [1.165, 1.54) is 54.2 Å². The average Bonchev–Trinajstić information content (AvgIpc) is 3.25. The van der Waals surface area contributed by atoms with Gasteiger partial charge in [0.25, 0.3) is 0 Å². The number of anilines is 6. The van der Waals surface area contributed by atoms with Crippen molar-refractivity contribution in [2.75, 3.05) is 9.80 Å². The molecule has 0 saturated heterocycles. The van der Waals surface area contributed by atoms with Gasteiger partial charge in [-0.05, 0) is 93.3 Å². The summed E-state index contributed by atoms with van der Waals surface area (Å²) in [5, 5.41) is 9.59. The molecule has 0 atom stereocenters. The maximum absolute atomic E-state index is 2.45. The van der Waals surface area contributed by atoms with Crippen LogP contribution < -0.4 is 9.80 Å². The number of nitrogens with zero attached hydrogens (tertiary/aromatic N) is 2. The zero-order valence-corrected chi connectivity index (χ0v) is 29.7. The minimum atomic E-state index is 1.11. The van der Waals surface area contributed by atoms with E-state index in [9.17, 15) is 0 Å². The fourth-order valence-electron chi connectivity index (χ4n) is 8.02. The SMILES string of the molecule is c1ccc(N(c2ccc3ccccc3c2)c2c3ccccc3c(N(c3ccccc3)c3ccccc3)c3cc(-c4ccc5ccccc5c4)ccc23)cc1. The van der Waals surface area contributed by atoms with Crippen molar-refractivity contribution in [3.05, 3.63) is 218 Å². The highest BCUT2D eigenvalue weighted by Crippen LogP contribution is 2.51. The molecule has 0 aromatic heterocycles. The Hall–Kier alpha value is -7.16. The highest BCUT2D eigenvalue weighted by molar-refractivity contribution is 6.24. The quantitative estimate of drug-likeness (QED) is 0.121. The Morgan fingerprint density at radius 1 is 0.222 bits per heavy atom. The maximum atomic E-state index is 2.45. The van der Waals surface area contributed by atoms with Gasteiger partial charge in [0, 0.05) is 44.3 Å². The molecule has 2 nitrogen and oxygen atoms in total. The van der Waals surface area contributed by atoms with Gasteiger partial charge in [-0.15, -0.1) is 0 Å². The van der Waals surface area contributed by atoms with Gasteiger partial charge >= 0.3 is 0 Å². The first-order valence-corrected chi connectivity index (χ1v) is 18.5. The minimum absolute atomic E-state index is 1.11. The molecule has 0 amide bonds. The summed E-state index contributed by atoms with van der Waals surface area (Å²) < 4.78 is 0. The normalized spacial score (nSPS) is 11.3. The number of rotatable bonds is 7. The molecule has 10 rings (SSSR count). The smallest absolute Gasteiger partial charge is 0.0620 e. The highest BCUT2D eigenvalue weighted by atomic mass is 15.2. The third-order valence-electron chi connectivity index (χ3n) is 10.5. The van der Waals surface area contributed by atoms with Crippen LogP contribution in [0.5, 0.6) is 0 Å². The number of para-hydroxylation sites is 3. The fourth-order valence-corrected chi connectivity index (χ4v) is 8.02. The van der Waals surface area contributed by atoms with Crippen LogP contribution in [0.15, 0.2) is 218 Å². The van der Waals surface area contributed by atoms with Gasteiger partial charge in [0.2, 0.25) is 0 Å². The molecule has 0 saturated carbocycles. The van der Waals surface area contributed by atoms with Gasteiger partial charge < -0.3 is 9.80 Å².